The van der Waals surface area contributed by atoms with Crippen LogP contribution in [0, 0.1) is 0 Å². The van der Waals surface area contributed by atoms with Crippen LogP contribution in [0.4, 0.5) is 0 Å². The van der Waals surface area contributed by atoms with Gasteiger partial charge in [0.2, 0.25) is 0 Å². The number of methoxy groups -OCH3 is 2. The first kappa shape index (κ1) is 17.1. The van der Waals surface area contributed by atoms with Crippen molar-refractivity contribution in [2.24, 2.45) is 0 Å². The molecular formula is C18H18ClN3O3. The lowest BCUT2D eigenvalue weighted by molar-refractivity contribution is 0.0953. The highest BCUT2D eigenvalue weighted by atomic mass is 35.5. The highest BCUT2D eigenvalue weighted by Crippen LogP contribution is 2.35. The van der Waals surface area contributed by atoms with E-state index in [-0.39, 0.29) is 5.91 Å². The molecule has 6 nitrogen and oxygen atoms in total. The summed E-state index contributed by atoms with van der Waals surface area (Å²) in [5.74, 6) is 1.41. The maximum absolute atomic E-state index is 12.3. The van der Waals surface area contributed by atoms with E-state index in [0.29, 0.717) is 35.1 Å². The topological polar surface area (TPSA) is 76.2 Å². The Hall–Kier alpha value is -2.73. The van der Waals surface area contributed by atoms with Crippen LogP contribution in [0.15, 0.2) is 36.4 Å². The van der Waals surface area contributed by atoms with Gasteiger partial charge in [0.15, 0.2) is 11.5 Å². The fourth-order valence-electron chi connectivity index (χ4n) is 2.57. The number of rotatable bonds is 6. The van der Waals surface area contributed by atoms with Crippen LogP contribution in [0.2, 0.25) is 5.02 Å². The molecule has 0 aliphatic carbocycles. The van der Waals surface area contributed by atoms with Crippen LogP contribution in [0.25, 0.3) is 11.0 Å². The van der Waals surface area contributed by atoms with Crippen LogP contribution in [0.1, 0.15) is 16.2 Å². The minimum Gasteiger partial charge on any atom is -0.493 e. The van der Waals surface area contributed by atoms with Crippen molar-refractivity contribution in [1.82, 2.24) is 15.3 Å². The smallest absolute Gasteiger partial charge is 0.251 e. The van der Waals surface area contributed by atoms with Gasteiger partial charge < -0.3 is 19.8 Å². The number of halogens is 1. The molecule has 1 heterocycles. The summed E-state index contributed by atoms with van der Waals surface area (Å²) in [7, 11) is 2.99. The van der Waals surface area contributed by atoms with Crippen molar-refractivity contribution in [2.45, 2.75) is 6.42 Å². The second-order valence-electron chi connectivity index (χ2n) is 5.40. The van der Waals surface area contributed by atoms with Gasteiger partial charge in [-0.3, -0.25) is 4.79 Å². The zero-order chi connectivity index (χ0) is 17.8. The number of amides is 1. The molecule has 0 aliphatic heterocycles. The molecule has 3 aromatic rings. The second kappa shape index (κ2) is 7.44. The molecule has 3 rings (SSSR count). The van der Waals surface area contributed by atoms with E-state index >= 15 is 0 Å². The SMILES string of the molecule is COc1cc(C(=O)NCCc2nc3ccccc3[nH]2)cc(Cl)c1OC. The average Bonchev–Trinajstić information content (AvgIpc) is 3.03. The van der Waals surface area contributed by atoms with Crippen LogP contribution in [0.3, 0.4) is 0 Å². The van der Waals surface area contributed by atoms with Crippen LogP contribution < -0.4 is 14.8 Å². The number of H-pyrrole nitrogens is 1. The molecule has 2 aromatic carbocycles. The lowest BCUT2D eigenvalue weighted by Gasteiger charge is -2.11. The number of ether oxygens (including phenoxy) is 2. The Bertz CT molecular complexity index is 875. The third kappa shape index (κ3) is 3.69. The van der Waals surface area contributed by atoms with E-state index in [1.165, 1.54) is 14.2 Å². The molecule has 0 unspecified atom stereocenters. The number of nitrogens with zero attached hydrogens (tertiary/aromatic N) is 1. The van der Waals surface area contributed by atoms with Crippen LogP contribution in [-0.2, 0) is 6.42 Å². The summed E-state index contributed by atoms with van der Waals surface area (Å²) in [6, 6.07) is 11.0. The Morgan fingerprint density at radius 2 is 2.04 bits per heavy atom. The van der Waals surface area contributed by atoms with E-state index in [1.807, 2.05) is 24.3 Å². The Morgan fingerprint density at radius 1 is 1.24 bits per heavy atom. The van der Waals surface area contributed by atoms with Gasteiger partial charge in [0, 0.05) is 18.5 Å². The molecule has 7 heteroatoms. The number of hydrogen-bond donors (Lipinski definition) is 2. The van der Waals surface area contributed by atoms with Gasteiger partial charge in [-0.05, 0) is 24.3 Å². The first-order valence-electron chi connectivity index (χ1n) is 7.75. The number of carbonyl (C=O) groups is 1. The van der Waals surface area contributed by atoms with Crippen LogP contribution in [0.5, 0.6) is 11.5 Å². The molecule has 2 N–H and O–H groups in total. The van der Waals surface area contributed by atoms with Crippen molar-refractivity contribution in [3.63, 3.8) is 0 Å². The number of fused-ring (bicyclic) bond motifs is 1. The minimum atomic E-state index is -0.237. The third-order valence-corrected chi connectivity index (χ3v) is 4.06. The summed E-state index contributed by atoms with van der Waals surface area (Å²) < 4.78 is 10.4. The van der Waals surface area contributed by atoms with Gasteiger partial charge in [-0.25, -0.2) is 4.98 Å². The first-order valence-corrected chi connectivity index (χ1v) is 8.13. The fourth-order valence-corrected chi connectivity index (χ4v) is 2.86. The van der Waals surface area contributed by atoms with Gasteiger partial charge in [0.05, 0.1) is 30.3 Å². The summed E-state index contributed by atoms with van der Waals surface area (Å²) in [6.07, 6.45) is 0.599. The first-order chi connectivity index (χ1) is 12.1. The van der Waals surface area contributed by atoms with E-state index in [4.69, 9.17) is 21.1 Å². The Labute approximate surface area is 150 Å². The summed E-state index contributed by atoms with van der Waals surface area (Å²) in [4.78, 5) is 20.0. The van der Waals surface area contributed by atoms with E-state index in [1.54, 1.807) is 12.1 Å². The molecular weight excluding hydrogens is 342 g/mol. The summed E-state index contributed by atoms with van der Waals surface area (Å²) in [5.41, 5.74) is 2.30. The predicted molar refractivity (Wildman–Crippen MR) is 96.7 cm³/mol. The summed E-state index contributed by atoms with van der Waals surface area (Å²) >= 11 is 6.13. The number of hydrogen-bond acceptors (Lipinski definition) is 4. The van der Waals surface area contributed by atoms with Crippen molar-refractivity contribution in [1.29, 1.82) is 0 Å². The van der Waals surface area contributed by atoms with E-state index in [0.717, 1.165) is 16.9 Å². The van der Waals surface area contributed by atoms with Crippen molar-refractivity contribution in [2.75, 3.05) is 20.8 Å². The molecule has 0 radical (unpaired) electrons. The zero-order valence-corrected chi connectivity index (χ0v) is 14.7. The maximum Gasteiger partial charge on any atom is 0.251 e. The molecule has 0 bridgehead atoms. The fraction of sp³-hybridized carbons (Fsp3) is 0.222. The largest absolute Gasteiger partial charge is 0.493 e. The molecule has 1 aromatic heterocycles. The number of benzene rings is 2. The summed E-state index contributed by atoms with van der Waals surface area (Å²) in [5, 5.41) is 3.18. The van der Waals surface area contributed by atoms with Crippen molar-refractivity contribution in [3.05, 3.63) is 52.8 Å². The molecule has 1 amide bonds. The van der Waals surface area contributed by atoms with Crippen molar-refractivity contribution >= 4 is 28.5 Å². The third-order valence-electron chi connectivity index (χ3n) is 3.78. The second-order valence-corrected chi connectivity index (χ2v) is 5.81. The Kier molecular flexibility index (Phi) is 5.09. The number of aromatic amines is 1. The highest BCUT2D eigenvalue weighted by molar-refractivity contribution is 6.32. The Morgan fingerprint density at radius 3 is 2.76 bits per heavy atom. The average molecular weight is 360 g/mol. The molecule has 0 saturated carbocycles. The van der Waals surface area contributed by atoms with Gasteiger partial charge >= 0.3 is 0 Å². The van der Waals surface area contributed by atoms with E-state index in [9.17, 15) is 4.79 Å². The minimum absolute atomic E-state index is 0.237. The van der Waals surface area contributed by atoms with Crippen LogP contribution in [-0.4, -0.2) is 36.6 Å². The van der Waals surface area contributed by atoms with Gasteiger partial charge in [-0.15, -0.1) is 0 Å². The number of carbonyl (C=O) groups excluding carboxylic acids is 1. The Balaban J connectivity index is 1.65. The van der Waals surface area contributed by atoms with Gasteiger partial charge in [-0.1, -0.05) is 23.7 Å². The monoisotopic (exact) mass is 359 g/mol. The highest BCUT2D eigenvalue weighted by Gasteiger charge is 2.15. The number of nitrogens with one attached hydrogen (secondary N) is 2. The maximum atomic E-state index is 12.3. The molecule has 0 aliphatic rings. The number of imidazole rings is 1. The molecule has 0 atom stereocenters. The van der Waals surface area contributed by atoms with Gasteiger partial charge in [0.25, 0.3) is 5.91 Å². The molecule has 0 saturated heterocycles. The van der Waals surface area contributed by atoms with Crippen molar-refractivity contribution in [3.8, 4) is 11.5 Å². The van der Waals surface area contributed by atoms with Gasteiger partial charge in [0.1, 0.15) is 5.82 Å². The standard InChI is InChI=1S/C18H18ClN3O3/c1-24-15-10-11(9-12(19)17(15)25-2)18(23)20-8-7-16-21-13-5-3-4-6-14(13)22-16/h3-6,9-10H,7-8H2,1-2H3,(H,20,23)(H,21,22). The van der Waals surface area contributed by atoms with Crippen LogP contribution >= 0.6 is 11.6 Å². The molecule has 0 fully saturated rings. The quantitative estimate of drug-likeness (QED) is 0.708. The van der Waals surface area contributed by atoms with E-state index < -0.39 is 0 Å². The summed E-state index contributed by atoms with van der Waals surface area (Å²) in [6.45, 7) is 0.449. The number of aromatic nitrogens is 2. The van der Waals surface area contributed by atoms with E-state index in [2.05, 4.69) is 15.3 Å². The molecule has 25 heavy (non-hydrogen) atoms. The molecule has 130 valence electrons. The lowest BCUT2D eigenvalue weighted by atomic mass is 10.2. The predicted octanol–water partition coefficient (Wildman–Crippen LogP) is 3.21. The van der Waals surface area contributed by atoms with Gasteiger partial charge in [-0.2, -0.15) is 0 Å². The lowest BCUT2D eigenvalue weighted by Crippen LogP contribution is -2.26. The molecule has 0 spiro atoms. The van der Waals surface area contributed by atoms with Crippen molar-refractivity contribution < 1.29 is 14.3 Å². The zero-order valence-electron chi connectivity index (χ0n) is 13.9. The number of para-hydroxylation sites is 2. The normalized spacial score (nSPS) is 10.7.